The van der Waals surface area contributed by atoms with Gasteiger partial charge in [0.1, 0.15) is 0 Å². The summed E-state index contributed by atoms with van der Waals surface area (Å²) < 4.78 is 1.71. The molecule has 2 N–H and O–H groups in total. The Bertz CT molecular complexity index is 639. The number of hydrogen-bond donors (Lipinski definition) is 2. The van der Waals surface area contributed by atoms with E-state index in [-0.39, 0.29) is 12.5 Å². The topological polar surface area (TPSA) is 80.0 Å². The molecule has 2 rings (SSSR count). The van der Waals surface area contributed by atoms with Gasteiger partial charge in [-0.15, -0.1) is 0 Å². The van der Waals surface area contributed by atoms with Gasteiger partial charge in [-0.2, -0.15) is 5.10 Å². The van der Waals surface area contributed by atoms with Gasteiger partial charge >= 0.3 is 0 Å². The van der Waals surface area contributed by atoms with Crippen molar-refractivity contribution < 1.29 is 9.90 Å². The van der Waals surface area contributed by atoms with Crippen LogP contribution in [0.3, 0.4) is 0 Å². The number of hydrogen-bond acceptors (Lipinski definition) is 4. The summed E-state index contributed by atoms with van der Waals surface area (Å²) in [6.07, 6.45) is 6.21. The molecule has 0 aromatic carbocycles. The Labute approximate surface area is 130 Å². The minimum absolute atomic E-state index is 0.0415. The van der Waals surface area contributed by atoms with Crippen molar-refractivity contribution in [3.05, 3.63) is 42.0 Å². The third kappa shape index (κ3) is 3.33. The number of aromatic nitrogens is 3. The molecule has 0 aliphatic carbocycles. The Kier molecular flexibility index (Phi) is 4.92. The molecule has 0 aliphatic heterocycles. The van der Waals surface area contributed by atoms with Crippen molar-refractivity contribution in [2.75, 3.05) is 6.61 Å². The van der Waals surface area contributed by atoms with Crippen molar-refractivity contribution in [2.24, 2.45) is 0 Å². The van der Waals surface area contributed by atoms with E-state index in [0.717, 1.165) is 17.8 Å². The van der Waals surface area contributed by atoms with Crippen molar-refractivity contribution in [3.8, 4) is 5.69 Å². The number of aliphatic hydroxyl groups excluding tert-OH is 1. The van der Waals surface area contributed by atoms with Crippen LogP contribution in [0.25, 0.3) is 5.69 Å². The molecule has 0 spiro atoms. The minimum atomic E-state index is -0.420. The van der Waals surface area contributed by atoms with E-state index in [1.165, 1.54) is 0 Å². The Hall–Kier alpha value is -2.21. The van der Waals surface area contributed by atoms with Gasteiger partial charge in [0.25, 0.3) is 5.91 Å². The maximum atomic E-state index is 12.5. The molecule has 0 radical (unpaired) electrons. The van der Waals surface area contributed by atoms with Crippen molar-refractivity contribution >= 4 is 5.91 Å². The lowest BCUT2D eigenvalue weighted by molar-refractivity contribution is 0.0885. The van der Waals surface area contributed by atoms with Crippen LogP contribution in [-0.4, -0.2) is 37.9 Å². The lowest BCUT2D eigenvalue weighted by Gasteiger charge is -2.28. The molecule has 2 aromatic heterocycles. The van der Waals surface area contributed by atoms with E-state index >= 15 is 0 Å². The maximum absolute atomic E-state index is 12.5. The highest BCUT2D eigenvalue weighted by Gasteiger charge is 2.26. The lowest BCUT2D eigenvalue weighted by Crippen LogP contribution is -2.46. The molecule has 6 nitrogen and oxygen atoms in total. The van der Waals surface area contributed by atoms with E-state index in [1.807, 2.05) is 32.9 Å². The summed E-state index contributed by atoms with van der Waals surface area (Å²) in [4.78, 5) is 16.5. The van der Waals surface area contributed by atoms with Crippen LogP contribution < -0.4 is 5.32 Å². The van der Waals surface area contributed by atoms with Gasteiger partial charge in [-0.1, -0.05) is 6.92 Å². The van der Waals surface area contributed by atoms with E-state index in [1.54, 1.807) is 23.3 Å². The van der Waals surface area contributed by atoms with E-state index < -0.39 is 5.54 Å². The van der Waals surface area contributed by atoms with Crippen molar-refractivity contribution in [1.29, 1.82) is 0 Å². The molecule has 0 bridgehead atoms. The third-order valence-electron chi connectivity index (χ3n) is 4.02. The van der Waals surface area contributed by atoms with Crippen LogP contribution in [-0.2, 0) is 0 Å². The quantitative estimate of drug-likeness (QED) is 0.853. The predicted molar refractivity (Wildman–Crippen MR) is 84.0 cm³/mol. The minimum Gasteiger partial charge on any atom is -0.396 e. The largest absolute Gasteiger partial charge is 0.396 e. The maximum Gasteiger partial charge on any atom is 0.255 e. The second kappa shape index (κ2) is 6.70. The Morgan fingerprint density at radius 2 is 2.09 bits per heavy atom. The van der Waals surface area contributed by atoms with E-state index in [0.29, 0.717) is 12.0 Å². The number of nitrogens with zero attached hydrogens (tertiary/aromatic N) is 3. The number of aliphatic hydroxyl groups is 1. The van der Waals surface area contributed by atoms with E-state index in [2.05, 4.69) is 15.4 Å². The second-order valence-corrected chi connectivity index (χ2v) is 5.60. The average molecular weight is 302 g/mol. The monoisotopic (exact) mass is 302 g/mol. The summed E-state index contributed by atoms with van der Waals surface area (Å²) in [5.41, 5.74) is 1.75. The van der Waals surface area contributed by atoms with Crippen LogP contribution in [0.5, 0.6) is 0 Å². The second-order valence-electron chi connectivity index (χ2n) is 5.60. The number of amides is 1. The van der Waals surface area contributed by atoms with Gasteiger partial charge in [0, 0.05) is 24.5 Å². The third-order valence-corrected chi connectivity index (χ3v) is 4.02. The lowest BCUT2D eigenvalue weighted by atomic mass is 9.94. The molecule has 0 fully saturated rings. The van der Waals surface area contributed by atoms with E-state index in [4.69, 9.17) is 5.11 Å². The molecule has 0 aliphatic rings. The van der Waals surface area contributed by atoms with E-state index in [9.17, 15) is 4.79 Å². The van der Waals surface area contributed by atoms with Crippen LogP contribution in [0.4, 0.5) is 0 Å². The first-order valence-electron chi connectivity index (χ1n) is 7.39. The zero-order valence-electron chi connectivity index (χ0n) is 13.2. The van der Waals surface area contributed by atoms with Crippen LogP contribution >= 0.6 is 0 Å². The SMILES string of the molecule is CCC(C)(CCO)NC(=O)c1cnn(-c2ccncc2)c1C. The molecule has 2 aromatic rings. The summed E-state index contributed by atoms with van der Waals surface area (Å²) in [7, 11) is 0. The Morgan fingerprint density at radius 3 is 2.68 bits per heavy atom. The number of carbonyl (C=O) groups excluding carboxylic acids is 1. The van der Waals surface area contributed by atoms with Crippen molar-refractivity contribution in [1.82, 2.24) is 20.1 Å². The number of nitrogens with one attached hydrogen (secondary N) is 1. The highest BCUT2D eigenvalue weighted by atomic mass is 16.3. The Morgan fingerprint density at radius 1 is 1.41 bits per heavy atom. The van der Waals surface area contributed by atoms with Gasteiger partial charge in [-0.3, -0.25) is 9.78 Å². The molecule has 0 saturated heterocycles. The summed E-state index contributed by atoms with van der Waals surface area (Å²) in [5, 5.41) is 16.4. The van der Waals surface area contributed by atoms with Crippen LogP contribution in [0.1, 0.15) is 42.7 Å². The standard InChI is InChI=1S/C16H22N4O2/c1-4-16(3,7-10-21)19-15(22)14-11-18-20(12(14)2)13-5-8-17-9-6-13/h5-6,8-9,11,21H,4,7,10H2,1-3H3,(H,19,22). The first-order valence-corrected chi connectivity index (χ1v) is 7.39. The van der Waals surface area contributed by atoms with Crippen molar-refractivity contribution in [2.45, 2.75) is 39.2 Å². The molecule has 1 atom stereocenters. The predicted octanol–water partition coefficient (Wildman–Crippen LogP) is 1.86. The summed E-state index contributed by atoms with van der Waals surface area (Å²) in [5.74, 6) is -0.171. The molecule has 0 saturated carbocycles. The first kappa shape index (κ1) is 16.2. The molecular weight excluding hydrogens is 280 g/mol. The number of pyridine rings is 1. The zero-order chi connectivity index (χ0) is 16.2. The molecule has 118 valence electrons. The smallest absolute Gasteiger partial charge is 0.255 e. The number of rotatable bonds is 6. The molecule has 1 amide bonds. The van der Waals surface area contributed by atoms with Gasteiger partial charge < -0.3 is 10.4 Å². The van der Waals surface area contributed by atoms with Crippen LogP contribution in [0.2, 0.25) is 0 Å². The highest BCUT2D eigenvalue weighted by molar-refractivity contribution is 5.95. The van der Waals surface area contributed by atoms with Gasteiger partial charge in [0.05, 0.1) is 23.1 Å². The van der Waals surface area contributed by atoms with Gasteiger partial charge in [-0.05, 0) is 38.8 Å². The Balaban J connectivity index is 2.23. The molecule has 1 unspecified atom stereocenters. The highest BCUT2D eigenvalue weighted by Crippen LogP contribution is 2.18. The van der Waals surface area contributed by atoms with Gasteiger partial charge in [0.15, 0.2) is 0 Å². The summed E-state index contributed by atoms with van der Waals surface area (Å²) >= 11 is 0. The molecule has 2 heterocycles. The molecule has 22 heavy (non-hydrogen) atoms. The average Bonchev–Trinajstić information content (AvgIpc) is 2.90. The fourth-order valence-electron chi connectivity index (χ4n) is 2.29. The fourth-order valence-corrected chi connectivity index (χ4v) is 2.29. The summed E-state index contributed by atoms with van der Waals surface area (Å²) in [6.45, 7) is 5.82. The van der Waals surface area contributed by atoms with Crippen molar-refractivity contribution in [3.63, 3.8) is 0 Å². The normalized spacial score (nSPS) is 13.6. The number of carbonyl (C=O) groups is 1. The fraction of sp³-hybridized carbons (Fsp3) is 0.438. The summed E-state index contributed by atoms with van der Waals surface area (Å²) in [6, 6.07) is 3.67. The van der Waals surface area contributed by atoms with Gasteiger partial charge in [0.2, 0.25) is 0 Å². The van der Waals surface area contributed by atoms with Gasteiger partial charge in [-0.25, -0.2) is 4.68 Å². The molecule has 6 heteroatoms. The zero-order valence-corrected chi connectivity index (χ0v) is 13.2. The van der Waals surface area contributed by atoms with Crippen LogP contribution in [0.15, 0.2) is 30.7 Å². The van der Waals surface area contributed by atoms with Crippen LogP contribution in [0, 0.1) is 6.92 Å². The molecular formula is C16H22N4O2. The first-order chi connectivity index (χ1) is 10.5.